The number of amides is 1. The lowest BCUT2D eigenvalue weighted by Crippen LogP contribution is -2.11. The molecule has 3 heteroatoms. The maximum atomic E-state index is 9.82. The number of unbranched alkanes of at least 4 members (excludes halogenated alkanes) is 2. The predicted molar refractivity (Wildman–Crippen MR) is 46.1 cm³/mol. The number of carbonyl (C=O) groups excluding carboxylic acids is 1. The zero-order valence-corrected chi connectivity index (χ0v) is 7.34. The van der Waals surface area contributed by atoms with Gasteiger partial charge in [-0.3, -0.25) is 4.79 Å². The number of nitrogens with one attached hydrogen (secondary N) is 1. The standard InChI is InChI=1S/C8H16N2O/c1-10(2)7-5-3-4-6-9-8-11/h7-8H,3-6H2,1-2H3/p+1/i1+1,8+1. The van der Waals surface area contributed by atoms with Crippen molar-refractivity contribution in [1.29, 1.82) is 0 Å². The van der Waals surface area contributed by atoms with Crippen LogP contribution in [-0.4, -0.2) is 37.8 Å². The molecule has 0 aliphatic carbocycles. The molecule has 0 aromatic rings. The van der Waals surface area contributed by atoms with Crippen LogP contribution in [0.5, 0.6) is 0 Å². The third-order valence-electron chi connectivity index (χ3n) is 1.35. The lowest BCUT2D eigenvalue weighted by Gasteiger charge is -1.94. The van der Waals surface area contributed by atoms with E-state index in [0.29, 0.717) is 0 Å². The molecular weight excluding hydrogens is 142 g/mol. The molecule has 0 aromatic heterocycles. The minimum atomic E-state index is 0.746. The Hall–Kier alpha value is -0.860. The molecule has 0 aliphatic rings. The van der Waals surface area contributed by atoms with Gasteiger partial charge in [0.05, 0.1) is 0 Å². The summed E-state index contributed by atoms with van der Waals surface area (Å²) in [7, 11) is 4.04. The summed E-state index contributed by atoms with van der Waals surface area (Å²) in [6, 6.07) is 0. The molecule has 1 N–H and O–H groups in total. The average Bonchev–Trinajstić information content (AvgIpc) is 1.96. The Morgan fingerprint density at radius 2 is 2.09 bits per heavy atom. The number of nitrogens with zero attached hydrogens (tertiary/aromatic N) is 1. The number of hydrogen-bond acceptors (Lipinski definition) is 1. The second kappa shape index (κ2) is 7.25. The van der Waals surface area contributed by atoms with Crippen LogP contribution in [0.25, 0.3) is 0 Å². The summed E-state index contributed by atoms with van der Waals surface area (Å²) in [5, 5.41) is 2.63. The zero-order valence-electron chi connectivity index (χ0n) is 7.34. The summed E-state index contributed by atoms with van der Waals surface area (Å²) in [6.07, 6.45) is 6.17. The smallest absolute Gasteiger partial charge is 0.207 e. The normalized spacial score (nSPS) is 11.3. The van der Waals surface area contributed by atoms with Crippen molar-refractivity contribution in [2.45, 2.75) is 19.3 Å². The van der Waals surface area contributed by atoms with Crippen LogP contribution in [0, 0.1) is 0 Å². The van der Waals surface area contributed by atoms with Gasteiger partial charge in [-0.15, -0.1) is 0 Å². The van der Waals surface area contributed by atoms with Gasteiger partial charge in [-0.1, -0.05) is 0 Å². The van der Waals surface area contributed by atoms with E-state index in [9.17, 15) is 4.79 Å². The topological polar surface area (TPSA) is 32.1 Å². The Morgan fingerprint density at radius 3 is 2.64 bits per heavy atom. The SMILES string of the molecule is C[N+]([13CH3])=CCCCCN[13CH]=O. The van der Waals surface area contributed by atoms with Crippen LogP contribution in [0.2, 0.25) is 0 Å². The second-order valence-electron chi connectivity index (χ2n) is 2.71. The van der Waals surface area contributed by atoms with E-state index in [1.165, 1.54) is 0 Å². The van der Waals surface area contributed by atoms with Gasteiger partial charge in [0.15, 0.2) is 0 Å². The number of rotatable bonds is 6. The minimum Gasteiger partial charge on any atom is -0.359 e. The van der Waals surface area contributed by atoms with Gasteiger partial charge in [-0.25, -0.2) is 4.58 Å². The maximum absolute atomic E-state index is 9.82. The van der Waals surface area contributed by atoms with Gasteiger partial charge < -0.3 is 5.32 Å². The fourth-order valence-corrected chi connectivity index (χ4v) is 0.780. The molecule has 3 nitrogen and oxygen atoms in total. The van der Waals surface area contributed by atoms with E-state index in [1.807, 2.05) is 18.7 Å². The molecule has 0 heterocycles. The molecule has 0 aromatic carbocycles. The third-order valence-corrected chi connectivity index (χ3v) is 1.35. The summed E-state index contributed by atoms with van der Waals surface area (Å²) in [4.78, 5) is 9.82. The van der Waals surface area contributed by atoms with Gasteiger partial charge in [-0.2, -0.15) is 0 Å². The summed E-state index contributed by atoms with van der Waals surface area (Å²) in [5.74, 6) is 0. The number of hydrogen-bond donors (Lipinski definition) is 1. The van der Waals surface area contributed by atoms with Crippen LogP contribution in [0.1, 0.15) is 19.3 Å². The average molecular weight is 159 g/mol. The Morgan fingerprint density at radius 1 is 1.36 bits per heavy atom. The van der Waals surface area contributed by atoms with Gasteiger partial charge in [0.2, 0.25) is 6.41 Å². The first-order valence-electron chi connectivity index (χ1n) is 3.94. The Kier molecular flexibility index (Phi) is 6.68. The highest BCUT2D eigenvalue weighted by molar-refractivity contribution is 5.50. The maximum Gasteiger partial charge on any atom is 0.207 e. The Bertz CT molecular complexity index is 128. The molecule has 0 unspecified atom stereocenters. The second-order valence-corrected chi connectivity index (χ2v) is 2.71. The minimum absolute atomic E-state index is 0.746. The van der Waals surface area contributed by atoms with Crippen molar-refractivity contribution in [2.24, 2.45) is 0 Å². The molecule has 0 radical (unpaired) electrons. The van der Waals surface area contributed by atoms with E-state index >= 15 is 0 Å². The Labute approximate surface area is 68.1 Å². The molecule has 0 saturated heterocycles. The molecule has 0 bridgehead atoms. The van der Waals surface area contributed by atoms with E-state index in [4.69, 9.17) is 0 Å². The van der Waals surface area contributed by atoms with E-state index in [0.717, 1.165) is 32.2 Å². The van der Waals surface area contributed by atoms with Gasteiger partial charge >= 0.3 is 0 Å². The van der Waals surface area contributed by atoms with Crippen molar-refractivity contribution < 1.29 is 9.37 Å². The largest absolute Gasteiger partial charge is 0.359 e. The highest BCUT2D eigenvalue weighted by Gasteiger charge is 1.88. The monoisotopic (exact) mass is 159 g/mol. The lowest BCUT2D eigenvalue weighted by atomic mass is 10.2. The summed E-state index contributed by atoms with van der Waals surface area (Å²) in [6.45, 7) is 0.796. The number of carbonyl (C=O) groups is 1. The van der Waals surface area contributed by atoms with Crippen LogP contribution in [-0.2, 0) is 4.79 Å². The lowest BCUT2D eigenvalue weighted by molar-refractivity contribution is -0.460. The predicted octanol–water partition coefficient (Wildman–Crippen LogP) is 0.246. The van der Waals surface area contributed by atoms with Crippen LogP contribution < -0.4 is 5.32 Å². The Balaban J connectivity index is 3.02. The van der Waals surface area contributed by atoms with Gasteiger partial charge in [0.25, 0.3) is 0 Å². The van der Waals surface area contributed by atoms with Crippen LogP contribution in [0.4, 0.5) is 0 Å². The van der Waals surface area contributed by atoms with Crippen LogP contribution >= 0.6 is 0 Å². The first-order chi connectivity index (χ1) is 5.27. The van der Waals surface area contributed by atoms with Crippen molar-refractivity contribution in [3.05, 3.63) is 0 Å². The summed E-state index contributed by atoms with van der Waals surface area (Å²) >= 11 is 0. The van der Waals surface area contributed by atoms with E-state index in [2.05, 4.69) is 11.5 Å². The highest BCUT2D eigenvalue weighted by atomic mass is 16.2. The quantitative estimate of drug-likeness (QED) is 0.194. The van der Waals surface area contributed by atoms with Crippen molar-refractivity contribution in [1.82, 2.24) is 5.32 Å². The molecule has 0 saturated carbocycles. The first-order valence-corrected chi connectivity index (χ1v) is 3.94. The first kappa shape index (κ1) is 10.1. The van der Waals surface area contributed by atoms with E-state index < -0.39 is 0 Å². The fraction of sp³-hybridized carbons (Fsp3) is 0.750. The van der Waals surface area contributed by atoms with E-state index in [1.54, 1.807) is 0 Å². The van der Waals surface area contributed by atoms with Gasteiger partial charge in [0.1, 0.15) is 20.3 Å². The van der Waals surface area contributed by atoms with Crippen molar-refractivity contribution >= 4 is 12.6 Å². The zero-order chi connectivity index (χ0) is 8.53. The van der Waals surface area contributed by atoms with Crippen LogP contribution in [0.15, 0.2) is 0 Å². The third kappa shape index (κ3) is 9.14. The molecule has 0 aliphatic heterocycles. The van der Waals surface area contributed by atoms with Gasteiger partial charge in [-0.05, 0) is 12.8 Å². The van der Waals surface area contributed by atoms with Crippen LogP contribution in [0.3, 0.4) is 0 Å². The summed E-state index contributed by atoms with van der Waals surface area (Å²) < 4.78 is 2.05. The molecule has 0 atom stereocenters. The molecule has 64 valence electrons. The van der Waals surface area contributed by atoms with E-state index in [-0.39, 0.29) is 0 Å². The van der Waals surface area contributed by atoms with Gasteiger partial charge in [0, 0.05) is 13.0 Å². The van der Waals surface area contributed by atoms with Crippen molar-refractivity contribution in [2.75, 3.05) is 20.6 Å². The molecule has 1 amide bonds. The van der Waals surface area contributed by atoms with Crippen molar-refractivity contribution in [3.63, 3.8) is 0 Å². The molecule has 0 spiro atoms. The molecule has 0 rings (SSSR count). The molecule has 11 heavy (non-hydrogen) atoms. The molecular formula is C8H17N2O+. The molecule has 0 fully saturated rings. The highest BCUT2D eigenvalue weighted by Crippen LogP contribution is 1.89. The summed E-state index contributed by atoms with van der Waals surface area (Å²) in [5.41, 5.74) is 0. The van der Waals surface area contributed by atoms with Crippen molar-refractivity contribution in [3.8, 4) is 0 Å². The fourth-order valence-electron chi connectivity index (χ4n) is 0.780.